The largest absolute Gasteiger partial charge is 0.493 e. The van der Waals surface area contributed by atoms with Crippen LogP contribution in [-0.2, 0) is 6.54 Å². The van der Waals surface area contributed by atoms with Crippen molar-refractivity contribution in [2.24, 2.45) is 0 Å². The number of rotatable bonds is 9. The maximum atomic E-state index is 12.6. The fraction of sp³-hybridized carbons (Fsp3) is 0.333. The quantitative estimate of drug-likeness (QED) is 0.516. The van der Waals surface area contributed by atoms with Gasteiger partial charge >= 0.3 is 0 Å². The first-order chi connectivity index (χ1) is 14.0. The fourth-order valence-electron chi connectivity index (χ4n) is 2.51. The number of amides is 1. The Labute approximate surface area is 185 Å². The van der Waals surface area contributed by atoms with Crippen LogP contribution in [0, 0.1) is 0 Å². The van der Waals surface area contributed by atoms with Gasteiger partial charge in [0, 0.05) is 11.0 Å². The molecule has 0 heterocycles. The first-order valence-electron chi connectivity index (χ1n) is 9.29. The Bertz CT molecular complexity index is 861. The Morgan fingerprint density at radius 3 is 2.52 bits per heavy atom. The van der Waals surface area contributed by atoms with Crippen LogP contribution < -0.4 is 24.8 Å². The molecular formula is C21H25BrN2O4S. The van der Waals surface area contributed by atoms with E-state index in [4.69, 9.17) is 26.4 Å². The van der Waals surface area contributed by atoms with Crippen molar-refractivity contribution < 1.29 is 19.0 Å². The summed E-state index contributed by atoms with van der Waals surface area (Å²) in [6.45, 7) is 5.43. The van der Waals surface area contributed by atoms with Crippen LogP contribution in [0.4, 0.5) is 0 Å². The van der Waals surface area contributed by atoms with Crippen LogP contribution in [0.1, 0.15) is 36.2 Å². The third-order valence-corrected chi connectivity index (χ3v) is 4.60. The summed E-state index contributed by atoms with van der Waals surface area (Å²) < 4.78 is 17.3. The second-order valence-electron chi connectivity index (χ2n) is 6.04. The van der Waals surface area contributed by atoms with E-state index in [0.29, 0.717) is 42.6 Å². The molecule has 0 aliphatic rings. The van der Waals surface area contributed by atoms with Crippen LogP contribution in [0.3, 0.4) is 0 Å². The summed E-state index contributed by atoms with van der Waals surface area (Å²) in [5.41, 5.74) is 1.35. The highest BCUT2D eigenvalue weighted by Gasteiger charge is 2.15. The molecule has 0 aromatic heterocycles. The number of benzene rings is 2. The summed E-state index contributed by atoms with van der Waals surface area (Å²) >= 11 is 8.64. The highest BCUT2D eigenvalue weighted by molar-refractivity contribution is 9.10. The summed E-state index contributed by atoms with van der Waals surface area (Å²) in [6, 6.07) is 10.9. The molecule has 29 heavy (non-hydrogen) atoms. The number of methoxy groups -OCH3 is 1. The van der Waals surface area contributed by atoms with Crippen molar-refractivity contribution in [2.75, 3.05) is 20.3 Å². The van der Waals surface area contributed by atoms with Gasteiger partial charge in [-0.25, -0.2) is 0 Å². The summed E-state index contributed by atoms with van der Waals surface area (Å²) in [4.78, 5) is 12.6. The second kappa shape index (κ2) is 11.6. The summed E-state index contributed by atoms with van der Waals surface area (Å²) in [5, 5.41) is 5.94. The van der Waals surface area contributed by atoms with Crippen LogP contribution in [0.5, 0.6) is 17.2 Å². The topological polar surface area (TPSA) is 68.8 Å². The molecule has 0 fully saturated rings. The zero-order chi connectivity index (χ0) is 21.2. The number of ether oxygens (including phenoxy) is 3. The Balaban J connectivity index is 1.98. The van der Waals surface area contributed by atoms with Crippen LogP contribution in [0.2, 0.25) is 0 Å². The molecule has 0 atom stereocenters. The lowest BCUT2D eigenvalue weighted by molar-refractivity contribution is 0.0973. The van der Waals surface area contributed by atoms with Crippen molar-refractivity contribution in [3.8, 4) is 17.2 Å². The van der Waals surface area contributed by atoms with E-state index in [1.807, 2.05) is 38.1 Å². The van der Waals surface area contributed by atoms with Crippen molar-refractivity contribution in [3.05, 3.63) is 52.0 Å². The zero-order valence-corrected chi connectivity index (χ0v) is 19.1. The Morgan fingerprint density at radius 2 is 1.83 bits per heavy atom. The molecule has 2 aromatic carbocycles. The number of hydrogen-bond donors (Lipinski definition) is 2. The van der Waals surface area contributed by atoms with Gasteiger partial charge in [0.2, 0.25) is 0 Å². The van der Waals surface area contributed by atoms with Crippen LogP contribution in [0.15, 0.2) is 40.9 Å². The zero-order valence-electron chi connectivity index (χ0n) is 16.7. The molecule has 2 rings (SSSR count). The highest BCUT2D eigenvalue weighted by Crippen LogP contribution is 2.28. The molecule has 0 radical (unpaired) electrons. The minimum absolute atomic E-state index is 0.225. The van der Waals surface area contributed by atoms with Gasteiger partial charge in [-0.1, -0.05) is 28.9 Å². The molecule has 1 amide bonds. The van der Waals surface area contributed by atoms with Crippen LogP contribution in [0.25, 0.3) is 0 Å². The summed E-state index contributed by atoms with van der Waals surface area (Å²) in [5.74, 6) is 1.52. The Kier molecular flexibility index (Phi) is 9.21. The third kappa shape index (κ3) is 6.90. The lowest BCUT2D eigenvalue weighted by Crippen LogP contribution is -2.39. The van der Waals surface area contributed by atoms with E-state index in [-0.39, 0.29) is 11.0 Å². The van der Waals surface area contributed by atoms with Gasteiger partial charge in [0.15, 0.2) is 16.6 Å². The van der Waals surface area contributed by atoms with Gasteiger partial charge < -0.3 is 19.5 Å². The molecule has 0 aliphatic carbocycles. The van der Waals surface area contributed by atoms with Crippen molar-refractivity contribution >= 4 is 39.2 Å². The lowest BCUT2D eigenvalue weighted by atomic mass is 10.2. The standard InChI is InChI=1S/C21H25BrN2O4S/c1-4-10-28-18-8-6-14(11-19(18)26-3)13-23-21(29)24-20(25)16-12-15(22)7-9-17(16)27-5-2/h6-9,11-12H,4-5,10,13H2,1-3H3,(H2,23,24,25,29). The predicted molar refractivity (Wildman–Crippen MR) is 121 cm³/mol. The first kappa shape index (κ1) is 23.0. The minimum Gasteiger partial charge on any atom is -0.493 e. The smallest absolute Gasteiger partial charge is 0.261 e. The Hall–Kier alpha value is -2.32. The van der Waals surface area contributed by atoms with E-state index in [1.165, 1.54) is 0 Å². The van der Waals surface area contributed by atoms with Crippen LogP contribution in [-0.4, -0.2) is 31.3 Å². The number of carbonyl (C=O) groups excluding carboxylic acids is 1. The third-order valence-electron chi connectivity index (χ3n) is 3.86. The lowest BCUT2D eigenvalue weighted by Gasteiger charge is -2.14. The average Bonchev–Trinajstić information content (AvgIpc) is 2.72. The average molecular weight is 481 g/mol. The maximum Gasteiger partial charge on any atom is 0.261 e. The monoisotopic (exact) mass is 480 g/mol. The number of nitrogens with one attached hydrogen (secondary N) is 2. The fourth-order valence-corrected chi connectivity index (χ4v) is 3.04. The van der Waals surface area contributed by atoms with Crippen molar-refractivity contribution in [2.45, 2.75) is 26.8 Å². The molecular weight excluding hydrogens is 456 g/mol. The number of hydrogen-bond acceptors (Lipinski definition) is 5. The Morgan fingerprint density at radius 1 is 1.07 bits per heavy atom. The van der Waals surface area contributed by atoms with Gasteiger partial charge in [-0.15, -0.1) is 0 Å². The van der Waals surface area contributed by atoms with E-state index >= 15 is 0 Å². The molecule has 8 heteroatoms. The first-order valence-corrected chi connectivity index (χ1v) is 10.5. The molecule has 0 saturated carbocycles. The molecule has 2 aromatic rings. The van der Waals surface area contributed by atoms with Crippen molar-refractivity contribution in [3.63, 3.8) is 0 Å². The molecule has 2 N–H and O–H groups in total. The van der Waals surface area contributed by atoms with E-state index in [2.05, 4.69) is 26.6 Å². The predicted octanol–water partition coefficient (Wildman–Crippen LogP) is 4.45. The number of carbonyl (C=O) groups is 1. The van der Waals surface area contributed by atoms with Gasteiger partial charge in [-0.05, 0) is 61.5 Å². The normalized spacial score (nSPS) is 10.2. The van der Waals surface area contributed by atoms with E-state index in [9.17, 15) is 4.79 Å². The van der Waals surface area contributed by atoms with Gasteiger partial charge in [-0.2, -0.15) is 0 Å². The van der Waals surface area contributed by atoms with Crippen LogP contribution >= 0.6 is 28.1 Å². The molecule has 0 aliphatic heterocycles. The number of halogens is 1. The number of thiocarbonyl (C=S) groups is 1. The molecule has 0 spiro atoms. The molecule has 0 bridgehead atoms. The summed E-state index contributed by atoms with van der Waals surface area (Å²) in [6.07, 6.45) is 0.920. The second-order valence-corrected chi connectivity index (χ2v) is 7.37. The van der Waals surface area contributed by atoms with Gasteiger partial charge in [0.1, 0.15) is 5.75 Å². The molecule has 156 valence electrons. The van der Waals surface area contributed by atoms with E-state index in [1.54, 1.807) is 19.2 Å². The molecule has 0 unspecified atom stereocenters. The summed E-state index contributed by atoms with van der Waals surface area (Å²) in [7, 11) is 1.60. The van der Waals surface area contributed by atoms with Crippen molar-refractivity contribution in [1.82, 2.24) is 10.6 Å². The minimum atomic E-state index is -0.340. The SMILES string of the molecule is CCCOc1ccc(CNC(=S)NC(=O)c2cc(Br)ccc2OCC)cc1OC. The van der Waals surface area contributed by atoms with Gasteiger partial charge in [0.05, 0.1) is 25.9 Å². The molecule has 0 saturated heterocycles. The maximum absolute atomic E-state index is 12.6. The highest BCUT2D eigenvalue weighted by atomic mass is 79.9. The van der Waals surface area contributed by atoms with Crippen molar-refractivity contribution in [1.29, 1.82) is 0 Å². The van der Waals surface area contributed by atoms with E-state index < -0.39 is 0 Å². The van der Waals surface area contributed by atoms with E-state index in [0.717, 1.165) is 16.5 Å². The molecule has 6 nitrogen and oxygen atoms in total. The van der Waals surface area contributed by atoms with Gasteiger partial charge in [0.25, 0.3) is 5.91 Å². The van der Waals surface area contributed by atoms with Gasteiger partial charge in [-0.3, -0.25) is 10.1 Å².